The Morgan fingerprint density at radius 3 is 2.33 bits per heavy atom. The second-order valence-corrected chi connectivity index (χ2v) is 11.5. The quantitative estimate of drug-likeness (QED) is 0.672. The van der Waals surface area contributed by atoms with Crippen LogP contribution >= 0.6 is 11.3 Å². The maximum Gasteiger partial charge on any atom is 0.243 e. The molecule has 1 aromatic heterocycles. The summed E-state index contributed by atoms with van der Waals surface area (Å²) in [6.45, 7) is 5.80. The zero-order chi connectivity index (χ0) is 21.3. The molecule has 1 atom stereocenters. The van der Waals surface area contributed by atoms with Crippen molar-refractivity contribution in [3.05, 3.63) is 52.2 Å². The highest BCUT2D eigenvalue weighted by atomic mass is 32.2. The number of amides is 1. The largest absolute Gasteiger partial charge is 0.335 e. The standard InChI is InChI=1S/C23H30N2O3S2/c1-17(2)18-7-9-20(10-8-18)30(27,28)24-14-11-19(12-15-24)23(26)25-13-3-5-21(25)22-6-4-16-29-22/h4,6-10,16-17,19,21H,3,5,11-15H2,1-2H3/t21-/m0/s1. The van der Waals surface area contributed by atoms with Gasteiger partial charge in [-0.3, -0.25) is 4.79 Å². The van der Waals surface area contributed by atoms with Gasteiger partial charge in [0.2, 0.25) is 15.9 Å². The molecule has 3 heterocycles. The third-order valence-electron chi connectivity index (χ3n) is 6.40. The molecule has 7 heteroatoms. The average Bonchev–Trinajstić information content (AvgIpc) is 3.45. The minimum absolute atomic E-state index is 0.0830. The van der Waals surface area contributed by atoms with E-state index < -0.39 is 10.0 Å². The van der Waals surface area contributed by atoms with Gasteiger partial charge in [0.05, 0.1) is 10.9 Å². The van der Waals surface area contributed by atoms with Crippen LogP contribution in [0.4, 0.5) is 0 Å². The summed E-state index contributed by atoms with van der Waals surface area (Å²) in [5.41, 5.74) is 1.13. The van der Waals surface area contributed by atoms with E-state index in [-0.39, 0.29) is 17.9 Å². The van der Waals surface area contributed by atoms with Gasteiger partial charge in [0.1, 0.15) is 0 Å². The number of hydrogen-bond donors (Lipinski definition) is 0. The van der Waals surface area contributed by atoms with Gasteiger partial charge in [-0.15, -0.1) is 11.3 Å². The van der Waals surface area contributed by atoms with Crippen LogP contribution in [0.2, 0.25) is 0 Å². The first-order valence-corrected chi connectivity index (χ1v) is 13.1. The van der Waals surface area contributed by atoms with Crippen LogP contribution in [0.1, 0.15) is 61.9 Å². The van der Waals surface area contributed by atoms with Crippen LogP contribution in [0, 0.1) is 5.92 Å². The molecule has 1 aromatic carbocycles. The minimum atomic E-state index is -3.51. The van der Waals surface area contributed by atoms with Gasteiger partial charge >= 0.3 is 0 Å². The smallest absolute Gasteiger partial charge is 0.243 e. The number of likely N-dealkylation sites (tertiary alicyclic amines) is 1. The third kappa shape index (κ3) is 4.20. The van der Waals surface area contributed by atoms with Crippen molar-refractivity contribution < 1.29 is 13.2 Å². The van der Waals surface area contributed by atoms with E-state index in [0.717, 1.165) is 24.9 Å². The molecule has 0 spiro atoms. The maximum absolute atomic E-state index is 13.2. The lowest BCUT2D eigenvalue weighted by atomic mass is 9.96. The topological polar surface area (TPSA) is 57.7 Å². The molecule has 2 fully saturated rings. The molecule has 0 aliphatic carbocycles. The summed E-state index contributed by atoms with van der Waals surface area (Å²) in [6, 6.07) is 11.5. The molecule has 2 aliphatic rings. The lowest BCUT2D eigenvalue weighted by molar-refractivity contribution is -0.137. The van der Waals surface area contributed by atoms with Gasteiger partial charge in [-0.2, -0.15) is 4.31 Å². The maximum atomic E-state index is 13.2. The summed E-state index contributed by atoms with van der Waals surface area (Å²) in [7, 11) is -3.51. The number of carbonyl (C=O) groups is 1. The van der Waals surface area contributed by atoms with Crippen molar-refractivity contribution in [1.82, 2.24) is 9.21 Å². The lowest BCUT2D eigenvalue weighted by Crippen LogP contribution is -2.44. The Balaban J connectivity index is 1.40. The van der Waals surface area contributed by atoms with Gasteiger partial charge in [-0.25, -0.2) is 8.42 Å². The molecule has 2 aliphatic heterocycles. The summed E-state index contributed by atoms with van der Waals surface area (Å²) >= 11 is 1.71. The Morgan fingerprint density at radius 2 is 1.73 bits per heavy atom. The molecule has 0 saturated carbocycles. The fraction of sp³-hybridized carbons (Fsp3) is 0.522. The molecule has 0 N–H and O–H groups in total. The first-order chi connectivity index (χ1) is 14.4. The second kappa shape index (κ2) is 8.81. The van der Waals surface area contributed by atoms with Gasteiger partial charge in [-0.05, 0) is 60.7 Å². The van der Waals surface area contributed by atoms with E-state index in [1.807, 2.05) is 23.1 Å². The van der Waals surface area contributed by atoms with Gasteiger partial charge in [0.15, 0.2) is 0 Å². The highest BCUT2D eigenvalue weighted by molar-refractivity contribution is 7.89. The van der Waals surface area contributed by atoms with Crippen molar-refractivity contribution in [3.8, 4) is 0 Å². The normalized spacial score (nSPS) is 21.4. The van der Waals surface area contributed by atoms with Crippen molar-refractivity contribution in [3.63, 3.8) is 0 Å². The van der Waals surface area contributed by atoms with Crippen molar-refractivity contribution in [2.24, 2.45) is 5.92 Å². The van der Waals surface area contributed by atoms with E-state index in [1.54, 1.807) is 27.8 Å². The molecule has 5 nitrogen and oxygen atoms in total. The molecule has 0 unspecified atom stereocenters. The first kappa shape index (κ1) is 21.5. The number of rotatable bonds is 5. The number of hydrogen-bond acceptors (Lipinski definition) is 4. The molecule has 0 radical (unpaired) electrons. The molecule has 2 saturated heterocycles. The first-order valence-electron chi connectivity index (χ1n) is 10.8. The SMILES string of the molecule is CC(C)c1ccc(S(=O)(=O)N2CCC(C(=O)N3CCC[C@H]3c3cccs3)CC2)cc1. The number of thiophene rings is 1. The van der Waals surface area contributed by atoms with E-state index in [2.05, 4.69) is 25.3 Å². The highest BCUT2D eigenvalue weighted by Crippen LogP contribution is 2.37. The Kier molecular flexibility index (Phi) is 6.32. The van der Waals surface area contributed by atoms with E-state index in [0.29, 0.717) is 36.7 Å². The van der Waals surface area contributed by atoms with E-state index in [9.17, 15) is 13.2 Å². The van der Waals surface area contributed by atoms with Crippen molar-refractivity contribution in [2.75, 3.05) is 19.6 Å². The van der Waals surface area contributed by atoms with Crippen LogP contribution < -0.4 is 0 Å². The predicted octanol–water partition coefficient (Wildman–Crippen LogP) is 4.64. The number of piperidine rings is 1. The van der Waals surface area contributed by atoms with Gasteiger partial charge in [-0.1, -0.05) is 32.0 Å². The molecule has 2 aromatic rings. The highest BCUT2D eigenvalue weighted by Gasteiger charge is 2.37. The molecular weight excluding hydrogens is 416 g/mol. The fourth-order valence-corrected chi connectivity index (χ4v) is 6.90. The summed E-state index contributed by atoms with van der Waals surface area (Å²) in [6.07, 6.45) is 3.24. The monoisotopic (exact) mass is 446 g/mol. The number of carbonyl (C=O) groups excluding carboxylic acids is 1. The van der Waals surface area contributed by atoms with Crippen LogP contribution in [0.15, 0.2) is 46.7 Å². The van der Waals surface area contributed by atoms with Crippen LogP contribution in [0.5, 0.6) is 0 Å². The van der Waals surface area contributed by atoms with E-state index >= 15 is 0 Å². The zero-order valence-corrected chi connectivity index (χ0v) is 19.3. The van der Waals surface area contributed by atoms with Gasteiger partial charge in [0, 0.05) is 30.4 Å². The summed E-state index contributed by atoms with van der Waals surface area (Å²) in [5, 5.41) is 2.06. The van der Waals surface area contributed by atoms with E-state index in [1.165, 1.54) is 4.88 Å². The van der Waals surface area contributed by atoms with Crippen molar-refractivity contribution in [1.29, 1.82) is 0 Å². The van der Waals surface area contributed by atoms with E-state index in [4.69, 9.17) is 0 Å². The summed E-state index contributed by atoms with van der Waals surface area (Å²) < 4.78 is 27.6. The van der Waals surface area contributed by atoms with Crippen LogP contribution in [-0.2, 0) is 14.8 Å². The summed E-state index contributed by atoms with van der Waals surface area (Å²) in [4.78, 5) is 16.8. The number of sulfonamides is 1. The lowest BCUT2D eigenvalue weighted by Gasteiger charge is -2.34. The third-order valence-corrected chi connectivity index (χ3v) is 9.28. The number of benzene rings is 1. The average molecular weight is 447 g/mol. The molecular formula is C23H30N2O3S2. The van der Waals surface area contributed by atoms with Gasteiger partial charge < -0.3 is 4.90 Å². The molecule has 0 bridgehead atoms. The van der Waals surface area contributed by atoms with Crippen molar-refractivity contribution in [2.45, 2.75) is 56.4 Å². The molecule has 30 heavy (non-hydrogen) atoms. The Bertz CT molecular complexity index is 960. The number of nitrogens with zero attached hydrogens (tertiary/aromatic N) is 2. The van der Waals surface area contributed by atoms with Crippen LogP contribution in [0.3, 0.4) is 0 Å². The van der Waals surface area contributed by atoms with Crippen molar-refractivity contribution >= 4 is 27.3 Å². The predicted molar refractivity (Wildman–Crippen MR) is 120 cm³/mol. The summed E-state index contributed by atoms with van der Waals surface area (Å²) in [5.74, 6) is 0.483. The van der Waals surface area contributed by atoms with Crippen LogP contribution in [-0.4, -0.2) is 43.2 Å². The minimum Gasteiger partial charge on any atom is -0.335 e. The zero-order valence-electron chi connectivity index (χ0n) is 17.7. The molecule has 1 amide bonds. The van der Waals surface area contributed by atoms with Gasteiger partial charge in [0.25, 0.3) is 0 Å². The fourth-order valence-electron chi connectivity index (χ4n) is 4.56. The molecule has 4 rings (SSSR count). The Morgan fingerprint density at radius 1 is 1.03 bits per heavy atom. The Hall–Kier alpha value is -1.70. The Labute approximate surface area is 183 Å². The molecule has 162 valence electrons. The second-order valence-electron chi connectivity index (χ2n) is 8.61. The van der Waals surface area contributed by atoms with Crippen LogP contribution in [0.25, 0.3) is 0 Å².